The van der Waals surface area contributed by atoms with Gasteiger partial charge in [-0.2, -0.15) is 0 Å². The summed E-state index contributed by atoms with van der Waals surface area (Å²) in [5.74, 6) is 5.28. The highest BCUT2D eigenvalue weighted by atomic mass is 16.5. The van der Waals surface area contributed by atoms with Gasteiger partial charge in [-0.25, -0.2) is 0 Å². The van der Waals surface area contributed by atoms with Gasteiger partial charge in [-0.15, -0.1) is 0 Å². The zero-order valence-electron chi connectivity index (χ0n) is 34.3. The first-order valence-electron chi connectivity index (χ1n) is 22.2. The Labute approximate surface area is 316 Å². The van der Waals surface area contributed by atoms with Crippen molar-refractivity contribution in [2.24, 2.45) is 46.3 Å². The van der Waals surface area contributed by atoms with Crippen LogP contribution in [0, 0.1) is 46.3 Å². The minimum absolute atomic E-state index is 0.0465. The summed E-state index contributed by atoms with van der Waals surface area (Å²) < 4.78 is 6.13. The Kier molecular flexibility index (Phi) is 17.9. The average Bonchev–Trinajstić information content (AvgIpc) is 3.46. The number of unbranched alkanes of at least 4 members (excludes halogenated alkanes) is 6. The molecule has 0 aliphatic heterocycles. The Morgan fingerprint density at radius 1 is 0.765 bits per heavy atom. The summed E-state index contributed by atoms with van der Waals surface area (Å²) in [5, 5.41) is 0. The van der Waals surface area contributed by atoms with Gasteiger partial charge in [0.25, 0.3) is 0 Å². The molecule has 3 saturated carbocycles. The Balaban J connectivity index is 1.07. The highest BCUT2D eigenvalue weighted by Gasteiger charge is 2.59. The van der Waals surface area contributed by atoms with Gasteiger partial charge in [0.1, 0.15) is 6.10 Å². The number of hydrogen-bond acceptors (Lipinski definition) is 2. The minimum Gasteiger partial charge on any atom is -0.462 e. The lowest BCUT2D eigenvalue weighted by molar-refractivity contribution is -0.151. The molecule has 0 N–H and O–H groups in total. The van der Waals surface area contributed by atoms with Crippen molar-refractivity contribution in [2.75, 3.05) is 0 Å². The summed E-state index contributed by atoms with van der Waals surface area (Å²) in [6.07, 6.45) is 48.6. The standard InChI is InChI=1S/C49H80O2/c1-7-8-9-10-11-12-13-14-15-16-17-18-19-20-21-22-23-24-25-29-47(50)51-42-34-36-48(5)41(38-42)30-31-43-45-33-32-44(40(4)28-26-27-39(2)3)49(45,6)37-35-46(43)48/h8-9,11-12,14-15,17-18,30,39-40,42-46H,7,10,13,16,19-29,31-38H2,1-6H3/b9-8-,12-11-,15-14-,18-17-. The molecule has 0 spiro atoms. The zero-order chi connectivity index (χ0) is 36.5. The van der Waals surface area contributed by atoms with Crippen LogP contribution in [0.5, 0.6) is 0 Å². The number of esters is 1. The van der Waals surface area contributed by atoms with E-state index in [2.05, 4.69) is 96.2 Å². The van der Waals surface area contributed by atoms with Crippen LogP contribution in [0.3, 0.4) is 0 Å². The lowest BCUT2D eigenvalue weighted by Crippen LogP contribution is -2.51. The Hall–Kier alpha value is -1.83. The molecule has 0 aromatic rings. The molecule has 2 nitrogen and oxygen atoms in total. The molecule has 8 unspecified atom stereocenters. The van der Waals surface area contributed by atoms with Crippen LogP contribution in [0.1, 0.15) is 189 Å². The number of rotatable bonds is 22. The van der Waals surface area contributed by atoms with Crippen LogP contribution in [0.2, 0.25) is 0 Å². The number of carbonyl (C=O) groups is 1. The van der Waals surface area contributed by atoms with Gasteiger partial charge in [0.2, 0.25) is 0 Å². The molecule has 4 aliphatic rings. The zero-order valence-corrected chi connectivity index (χ0v) is 34.3. The van der Waals surface area contributed by atoms with Gasteiger partial charge in [-0.1, -0.05) is 147 Å². The van der Waals surface area contributed by atoms with E-state index in [4.69, 9.17) is 4.74 Å². The number of carbonyl (C=O) groups excluding carboxylic acids is 1. The van der Waals surface area contributed by atoms with Crippen LogP contribution in [0.4, 0.5) is 0 Å². The summed E-state index contributed by atoms with van der Waals surface area (Å²) in [7, 11) is 0. The molecule has 0 aromatic carbocycles. The van der Waals surface area contributed by atoms with E-state index >= 15 is 0 Å². The number of hydrogen-bond donors (Lipinski definition) is 0. The van der Waals surface area contributed by atoms with E-state index in [-0.39, 0.29) is 12.1 Å². The van der Waals surface area contributed by atoms with Crippen LogP contribution in [0.15, 0.2) is 60.3 Å². The van der Waals surface area contributed by atoms with E-state index in [1.54, 1.807) is 5.57 Å². The second kappa shape index (κ2) is 21.8. The first-order valence-corrected chi connectivity index (χ1v) is 22.2. The average molecular weight is 701 g/mol. The van der Waals surface area contributed by atoms with Gasteiger partial charge in [-0.3, -0.25) is 4.79 Å². The quantitative estimate of drug-likeness (QED) is 0.0638. The van der Waals surface area contributed by atoms with Crippen molar-refractivity contribution >= 4 is 5.97 Å². The summed E-state index contributed by atoms with van der Waals surface area (Å²) in [5.41, 5.74) is 2.51. The van der Waals surface area contributed by atoms with Gasteiger partial charge in [0.05, 0.1) is 0 Å². The summed E-state index contributed by atoms with van der Waals surface area (Å²) in [6, 6.07) is 0. The summed E-state index contributed by atoms with van der Waals surface area (Å²) in [4.78, 5) is 12.8. The van der Waals surface area contributed by atoms with E-state index < -0.39 is 0 Å². The SMILES string of the molecule is CC/C=C\C/C=C\C/C=C\C/C=C\CCCCCCCCC(=O)OC1CCC2(C)C(=CCC3C2CCC2(C)C(C(C)CCCC(C)C)CCC32)C1. The molecule has 51 heavy (non-hydrogen) atoms. The van der Waals surface area contributed by atoms with Gasteiger partial charge in [0, 0.05) is 12.8 Å². The van der Waals surface area contributed by atoms with Crippen molar-refractivity contribution < 1.29 is 9.53 Å². The molecule has 0 aromatic heterocycles. The third-order valence-corrected chi connectivity index (χ3v) is 14.3. The maximum atomic E-state index is 12.8. The molecule has 288 valence electrons. The van der Waals surface area contributed by atoms with E-state index in [9.17, 15) is 4.79 Å². The molecular weight excluding hydrogens is 621 g/mol. The van der Waals surface area contributed by atoms with Gasteiger partial charge in [0.15, 0.2) is 0 Å². The van der Waals surface area contributed by atoms with Crippen molar-refractivity contribution in [3.8, 4) is 0 Å². The number of allylic oxidation sites excluding steroid dienone is 9. The van der Waals surface area contributed by atoms with E-state index in [0.29, 0.717) is 17.3 Å². The van der Waals surface area contributed by atoms with Gasteiger partial charge >= 0.3 is 5.97 Å². The molecule has 0 saturated heterocycles. The normalized spacial score (nSPS) is 31.4. The van der Waals surface area contributed by atoms with Crippen LogP contribution in [-0.4, -0.2) is 12.1 Å². The predicted molar refractivity (Wildman–Crippen MR) is 221 cm³/mol. The molecule has 0 bridgehead atoms. The fourth-order valence-corrected chi connectivity index (χ4v) is 11.3. The molecule has 0 radical (unpaired) electrons. The molecule has 4 aliphatic carbocycles. The van der Waals surface area contributed by atoms with Crippen LogP contribution in [0.25, 0.3) is 0 Å². The largest absolute Gasteiger partial charge is 0.462 e. The van der Waals surface area contributed by atoms with Crippen molar-refractivity contribution in [3.63, 3.8) is 0 Å². The Morgan fingerprint density at radius 3 is 2.14 bits per heavy atom. The molecule has 4 rings (SSSR count). The van der Waals surface area contributed by atoms with Crippen LogP contribution in [-0.2, 0) is 9.53 Å². The topological polar surface area (TPSA) is 26.3 Å². The van der Waals surface area contributed by atoms with Crippen molar-refractivity contribution in [2.45, 2.75) is 195 Å². The predicted octanol–water partition coefficient (Wildman–Crippen LogP) is 14.9. The van der Waals surface area contributed by atoms with Gasteiger partial charge in [-0.05, 0) is 136 Å². The molecule has 2 heteroatoms. The second-order valence-electron chi connectivity index (χ2n) is 18.3. The third-order valence-electron chi connectivity index (χ3n) is 14.3. The van der Waals surface area contributed by atoms with E-state index in [1.165, 1.54) is 89.9 Å². The molecular formula is C49H80O2. The van der Waals surface area contributed by atoms with Crippen LogP contribution >= 0.6 is 0 Å². The Morgan fingerprint density at radius 2 is 1.43 bits per heavy atom. The maximum absolute atomic E-state index is 12.8. The fraction of sp³-hybridized carbons (Fsp3) is 0.776. The highest BCUT2D eigenvalue weighted by Crippen LogP contribution is 2.67. The van der Waals surface area contributed by atoms with Gasteiger partial charge < -0.3 is 4.74 Å². The van der Waals surface area contributed by atoms with E-state index in [0.717, 1.165) is 86.9 Å². The monoisotopic (exact) mass is 701 g/mol. The smallest absolute Gasteiger partial charge is 0.306 e. The highest BCUT2D eigenvalue weighted by molar-refractivity contribution is 5.69. The fourth-order valence-electron chi connectivity index (χ4n) is 11.3. The van der Waals surface area contributed by atoms with Crippen molar-refractivity contribution in [1.82, 2.24) is 0 Å². The van der Waals surface area contributed by atoms with Crippen LogP contribution < -0.4 is 0 Å². The molecule has 3 fully saturated rings. The second-order valence-corrected chi connectivity index (χ2v) is 18.3. The third kappa shape index (κ3) is 12.4. The lowest BCUT2D eigenvalue weighted by atomic mass is 9.47. The number of fused-ring (bicyclic) bond motifs is 5. The maximum Gasteiger partial charge on any atom is 0.306 e. The number of ether oxygens (including phenoxy) is 1. The summed E-state index contributed by atoms with van der Waals surface area (Å²) in [6.45, 7) is 14.8. The van der Waals surface area contributed by atoms with Crippen molar-refractivity contribution in [3.05, 3.63) is 60.3 Å². The molecule has 0 amide bonds. The lowest BCUT2D eigenvalue weighted by Gasteiger charge is -2.58. The first kappa shape index (κ1) is 41.9. The molecule has 0 heterocycles. The van der Waals surface area contributed by atoms with Crippen molar-refractivity contribution in [1.29, 1.82) is 0 Å². The molecule has 8 atom stereocenters. The Bertz CT molecular complexity index is 1170. The van der Waals surface area contributed by atoms with E-state index in [1.807, 2.05) is 0 Å². The first-order chi connectivity index (χ1) is 24.7. The minimum atomic E-state index is 0.0465. The summed E-state index contributed by atoms with van der Waals surface area (Å²) >= 11 is 0.